The number of urea groups is 1. The van der Waals surface area contributed by atoms with E-state index in [0.29, 0.717) is 18.8 Å². The molecule has 0 bridgehead atoms. The SMILES string of the molecule is C[C@@H]1CN(C2(C)C=Nc3ccccc3N2)C[C@H](C)N1C(=O)Nc1ccccc1C(=O)O. The summed E-state index contributed by atoms with van der Waals surface area (Å²) >= 11 is 0. The van der Waals surface area contributed by atoms with Crippen molar-refractivity contribution in [2.75, 3.05) is 23.7 Å². The fourth-order valence-electron chi connectivity index (χ4n) is 4.41. The molecule has 2 aromatic rings. The highest BCUT2D eigenvalue weighted by atomic mass is 16.4. The molecule has 3 atom stereocenters. The highest BCUT2D eigenvalue weighted by Crippen LogP contribution is 2.34. The fourth-order valence-corrected chi connectivity index (χ4v) is 4.41. The predicted molar refractivity (Wildman–Crippen MR) is 121 cm³/mol. The highest BCUT2D eigenvalue weighted by molar-refractivity contribution is 6.00. The fraction of sp³-hybridized carbons (Fsp3) is 0.348. The van der Waals surface area contributed by atoms with E-state index < -0.39 is 11.6 Å². The first-order valence-electron chi connectivity index (χ1n) is 10.4. The lowest BCUT2D eigenvalue weighted by molar-refractivity contribution is 0.0400. The molecule has 2 heterocycles. The second kappa shape index (κ2) is 8.03. The third-order valence-electron chi connectivity index (χ3n) is 5.96. The summed E-state index contributed by atoms with van der Waals surface area (Å²) in [6, 6.07) is 13.9. The number of aliphatic imine (C=N–C) groups is 1. The van der Waals surface area contributed by atoms with Gasteiger partial charge in [0.15, 0.2) is 0 Å². The first-order chi connectivity index (χ1) is 14.8. The quantitative estimate of drug-likeness (QED) is 0.699. The summed E-state index contributed by atoms with van der Waals surface area (Å²) < 4.78 is 0. The summed E-state index contributed by atoms with van der Waals surface area (Å²) in [7, 11) is 0. The van der Waals surface area contributed by atoms with Gasteiger partial charge in [0.1, 0.15) is 5.66 Å². The Bertz CT molecular complexity index is 1030. The van der Waals surface area contributed by atoms with E-state index >= 15 is 0 Å². The third-order valence-corrected chi connectivity index (χ3v) is 5.96. The second-order valence-corrected chi connectivity index (χ2v) is 8.34. The van der Waals surface area contributed by atoms with Crippen molar-refractivity contribution in [2.24, 2.45) is 4.99 Å². The lowest BCUT2D eigenvalue weighted by Gasteiger charge is -2.50. The molecule has 4 rings (SSSR count). The molecular weight excluding hydrogens is 394 g/mol. The first kappa shape index (κ1) is 20.9. The first-order valence-corrected chi connectivity index (χ1v) is 10.4. The van der Waals surface area contributed by atoms with Crippen molar-refractivity contribution >= 4 is 35.3 Å². The van der Waals surface area contributed by atoms with Crippen molar-refractivity contribution in [1.82, 2.24) is 9.80 Å². The Hall–Kier alpha value is -3.39. The van der Waals surface area contributed by atoms with Crippen LogP contribution in [0.1, 0.15) is 31.1 Å². The Morgan fingerprint density at radius 3 is 2.45 bits per heavy atom. The van der Waals surface area contributed by atoms with Gasteiger partial charge in [-0.05, 0) is 45.0 Å². The molecule has 1 saturated heterocycles. The number of aromatic carboxylic acids is 1. The van der Waals surface area contributed by atoms with Crippen molar-refractivity contribution < 1.29 is 14.7 Å². The minimum Gasteiger partial charge on any atom is -0.478 e. The summed E-state index contributed by atoms with van der Waals surface area (Å²) in [6.45, 7) is 7.39. The molecule has 0 aromatic heterocycles. The van der Waals surface area contributed by atoms with Gasteiger partial charge >= 0.3 is 12.0 Å². The predicted octanol–water partition coefficient (Wildman–Crippen LogP) is 3.86. The van der Waals surface area contributed by atoms with Gasteiger partial charge in [-0.15, -0.1) is 0 Å². The number of rotatable bonds is 3. The summed E-state index contributed by atoms with van der Waals surface area (Å²) in [4.78, 5) is 33.2. The van der Waals surface area contributed by atoms with Gasteiger partial charge in [0.25, 0.3) is 0 Å². The molecule has 3 N–H and O–H groups in total. The molecular formula is C23H27N5O3. The molecule has 0 aliphatic carbocycles. The van der Waals surface area contributed by atoms with E-state index in [4.69, 9.17) is 0 Å². The molecule has 0 saturated carbocycles. The monoisotopic (exact) mass is 421 g/mol. The molecule has 2 aliphatic rings. The van der Waals surface area contributed by atoms with Gasteiger partial charge in [0.05, 0.1) is 22.6 Å². The molecule has 2 aliphatic heterocycles. The largest absolute Gasteiger partial charge is 0.478 e. The van der Waals surface area contributed by atoms with Crippen LogP contribution in [0, 0.1) is 0 Å². The van der Waals surface area contributed by atoms with Crippen molar-refractivity contribution in [1.29, 1.82) is 0 Å². The number of piperazine rings is 1. The number of fused-ring (bicyclic) bond motifs is 1. The number of amides is 2. The maximum atomic E-state index is 13.1. The van der Waals surface area contributed by atoms with Crippen LogP contribution in [0.2, 0.25) is 0 Å². The minimum absolute atomic E-state index is 0.0728. The Labute approximate surface area is 181 Å². The molecule has 8 nitrogen and oxygen atoms in total. The van der Waals surface area contributed by atoms with Crippen LogP contribution in [0.3, 0.4) is 0 Å². The van der Waals surface area contributed by atoms with Crippen LogP contribution in [0.15, 0.2) is 53.5 Å². The second-order valence-electron chi connectivity index (χ2n) is 8.34. The number of carbonyl (C=O) groups excluding carboxylic acids is 1. The molecule has 2 amide bonds. The van der Waals surface area contributed by atoms with Crippen LogP contribution >= 0.6 is 0 Å². The van der Waals surface area contributed by atoms with Gasteiger partial charge in [-0.1, -0.05) is 24.3 Å². The summed E-state index contributed by atoms with van der Waals surface area (Å²) in [6.07, 6.45) is 1.92. The van der Waals surface area contributed by atoms with Crippen molar-refractivity contribution in [3.63, 3.8) is 0 Å². The van der Waals surface area contributed by atoms with Gasteiger partial charge in [-0.3, -0.25) is 9.89 Å². The van der Waals surface area contributed by atoms with Crippen molar-refractivity contribution in [3.8, 4) is 0 Å². The maximum absolute atomic E-state index is 13.1. The maximum Gasteiger partial charge on any atom is 0.337 e. The van der Waals surface area contributed by atoms with Gasteiger partial charge in [0, 0.05) is 31.4 Å². The third kappa shape index (κ3) is 3.98. The van der Waals surface area contributed by atoms with Crippen LogP contribution in [-0.4, -0.2) is 64.0 Å². The van der Waals surface area contributed by atoms with Crippen LogP contribution in [-0.2, 0) is 0 Å². The minimum atomic E-state index is -1.07. The number of para-hydroxylation sites is 3. The molecule has 1 fully saturated rings. The normalized spacial score (nSPS) is 25.5. The lowest BCUT2D eigenvalue weighted by Crippen LogP contribution is -2.66. The number of anilines is 2. The number of nitrogens with zero attached hydrogens (tertiary/aromatic N) is 3. The van der Waals surface area contributed by atoms with Gasteiger partial charge in [0.2, 0.25) is 0 Å². The van der Waals surface area contributed by atoms with E-state index in [1.165, 1.54) is 6.07 Å². The van der Waals surface area contributed by atoms with Gasteiger partial charge < -0.3 is 20.6 Å². The zero-order valence-electron chi connectivity index (χ0n) is 17.9. The molecule has 2 aromatic carbocycles. The van der Waals surface area contributed by atoms with Crippen LogP contribution < -0.4 is 10.6 Å². The zero-order chi connectivity index (χ0) is 22.2. The van der Waals surface area contributed by atoms with E-state index in [-0.39, 0.29) is 23.7 Å². The number of nitrogens with one attached hydrogen (secondary N) is 2. The van der Waals surface area contributed by atoms with Crippen molar-refractivity contribution in [3.05, 3.63) is 54.1 Å². The molecule has 1 unspecified atom stereocenters. The number of carbonyl (C=O) groups is 2. The Balaban J connectivity index is 1.49. The molecule has 162 valence electrons. The number of benzene rings is 2. The summed E-state index contributed by atoms with van der Waals surface area (Å²) in [5, 5.41) is 15.7. The van der Waals surface area contributed by atoms with Crippen molar-refractivity contribution in [2.45, 2.75) is 38.5 Å². The standard InChI is InChI=1S/C23H27N5O3/c1-15-12-27(23(3)14-24-19-10-6-7-11-20(19)26-23)13-16(2)28(15)22(31)25-18-9-5-4-8-17(18)21(29)30/h4-11,14-16,26H,12-13H2,1-3H3,(H,25,31)(H,29,30)/t15-,16+,23?. The number of hydrogen-bond acceptors (Lipinski definition) is 5. The van der Waals surface area contributed by atoms with E-state index in [1.54, 1.807) is 23.1 Å². The average Bonchev–Trinajstić information content (AvgIpc) is 2.73. The lowest BCUT2D eigenvalue weighted by atomic mass is 10.0. The number of hydrogen-bond donors (Lipinski definition) is 3. The van der Waals surface area contributed by atoms with E-state index in [2.05, 4.69) is 27.4 Å². The van der Waals surface area contributed by atoms with E-state index in [9.17, 15) is 14.7 Å². The topological polar surface area (TPSA) is 97.3 Å². The Morgan fingerprint density at radius 1 is 1.10 bits per heavy atom. The zero-order valence-corrected chi connectivity index (χ0v) is 17.9. The molecule has 8 heteroatoms. The van der Waals surface area contributed by atoms with Crippen LogP contribution in [0.5, 0.6) is 0 Å². The average molecular weight is 422 g/mol. The molecule has 31 heavy (non-hydrogen) atoms. The molecule has 0 spiro atoms. The Morgan fingerprint density at radius 2 is 1.74 bits per heavy atom. The van der Waals surface area contributed by atoms with E-state index in [0.717, 1.165) is 11.4 Å². The van der Waals surface area contributed by atoms with Gasteiger partial charge in [-0.2, -0.15) is 0 Å². The van der Waals surface area contributed by atoms with E-state index in [1.807, 2.05) is 44.3 Å². The summed E-state index contributed by atoms with van der Waals surface area (Å²) in [5.74, 6) is -1.07. The number of carboxylic acid groups (broad SMARTS) is 1. The highest BCUT2D eigenvalue weighted by Gasteiger charge is 2.41. The van der Waals surface area contributed by atoms with Crippen LogP contribution in [0.4, 0.5) is 21.9 Å². The Kier molecular flexibility index (Phi) is 5.41. The summed E-state index contributed by atoms with van der Waals surface area (Å²) in [5.41, 5.74) is 1.81. The van der Waals surface area contributed by atoms with Crippen LogP contribution in [0.25, 0.3) is 0 Å². The van der Waals surface area contributed by atoms with Gasteiger partial charge in [-0.25, -0.2) is 9.59 Å². The number of carboxylic acids is 1. The molecule has 0 radical (unpaired) electrons. The smallest absolute Gasteiger partial charge is 0.337 e.